The van der Waals surface area contributed by atoms with Crippen molar-refractivity contribution in [1.82, 2.24) is 20.3 Å². The molecule has 0 fully saturated rings. The molecular weight excluding hydrogens is 353 g/mol. The maximum atomic E-state index is 12.8. The van der Waals surface area contributed by atoms with Crippen LogP contribution in [0.2, 0.25) is 0 Å². The summed E-state index contributed by atoms with van der Waals surface area (Å²) < 4.78 is 6.79. The first-order valence-corrected chi connectivity index (χ1v) is 8.36. The van der Waals surface area contributed by atoms with E-state index >= 15 is 0 Å². The average Bonchev–Trinajstić information content (AvgIpc) is 3.11. The number of hydrogen-bond acceptors (Lipinski definition) is 7. The Balaban J connectivity index is 1.79. The predicted molar refractivity (Wildman–Crippen MR) is 94.9 cm³/mol. The van der Waals surface area contributed by atoms with Crippen molar-refractivity contribution in [2.45, 2.75) is 38.3 Å². The summed E-state index contributed by atoms with van der Waals surface area (Å²) in [5.41, 5.74) is 5.55. The number of rotatable bonds is 5. The van der Waals surface area contributed by atoms with Crippen molar-refractivity contribution in [3.8, 4) is 5.75 Å². The van der Waals surface area contributed by atoms with E-state index in [0.29, 0.717) is 11.3 Å². The smallest absolute Gasteiger partial charge is 0.534 e. The lowest BCUT2D eigenvalue weighted by Crippen LogP contribution is -2.57. The Kier molecular flexibility index (Phi) is 4.90. The average molecular weight is 373 g/mol. The fraction of sp³-hybridized carbons (Fsp3) is 0.375. The van der Waals surface area contributed by atoms with E-state index in [4.69, 9.17) is 10.4 Å². The van der Waals surface area contributed by atoms with Crippen LogP contribution in [0.1, 0.15) is 35.5 Å². The largest absolute Gasteiger partial charge is 0.547 e. The van der Waals surface area contributed by atoms with Gasteiger partial charge in [-0.2, -0.15) is 0 Å². The number of fused-ring (bicyclic) bond motifs is 1. The van der Waals surface area contributed by atoms with Crippen molar-refractivity contribution in [3.63, 3.8) is 0 Å². The maximum Gasteiger partial charge on any atom is 0.547 e. The Morgan fingerprint density at radius 2 is 2.22 bits per heavy atom. The summed E-state index contributed by atoms with van der Waals surface area (Å²) in [7, 11) is -1.38. The number of para-hydroxylation sites is 1. The van der Waals surface area contributed by atoms with Gasteiger partial charge >= 0.3 is 13.1 Å². The number of nitrogens with one attached hydrogen (secondary N) is 1. The van der Waals surface area contributed by atoms with E-state index in [1.807, 2.05) is 0 Å². The van der Waals surface area contributed by atoms with Gasteiger partial charge in [-0.15, -0.1) is 5.10 Å². The van der Waals surface area contributed by atoms with Crippen LogP contribution in [0.15, 0.2) is 24.4 Å². The molecule has 142 valence electrons. The fourth-order valence-corrected chi connectivity index (χ4v) is 2.83. The normalized spacial score (nSPS) is 16.4. The van der Waals surface area contributed by atoms with Gasteiger partial charge in [0.2, 0.25) is 5.91 Å². The van der Waals surface area contributed by atoms with Crippen LogP contribution in [0.4, 0.5) is 0 Å². The highest BCUT2D eigenvalue weighted by Crippen LogP contribution is 2.30. The Labute approximate surface area is 155 Å². The van der Waals surface area contributed by atoms with Gasteiger partial charge in [-0.3, -0.25) is 4.79 Å². The summed E-state index contributed by atoms with van der Waals surface area (Å²) in [6, 6.07) is 4.69. The lowest BCUT2D eigenvalue weighted by molar-refractivity contribution is -0.129. The summed E-state index contributed by atoms with van der Waals surface area (Å²) in [6.07, 6.45) is 1.81. The summed E-state index contributed by atoms with van der Waals surface area (Å²) in [6.45, 7) is 3.52. The molecule has 0 radical (unpaired) electrons. The number of nitrogens with two attached hydrogens (primary N) is 1. The summed E-state index contributed by atoms with van der Waals surface area (Å²) in [5, 5.41) is 30.1. The Bertz CT molecular complexity index is 884. The predicted octanol–water partition coefficient (Wildman–Crippen LogP) is -0.690. The zero-order valence-electron chi connectivity index (χ0n) is 14.9. The molecule has 3 rings (SSSR count). The van der Waals surface area contributed by atoms with Crippen molar-refractivity contribution in [2.75, 3.05) is 0 Å². The van der Waals surface area contributed by atoms with Crippen LogP contribution in [0.25, 0.3) is 0 Å². The van der Waals surface area contributed by atoms with Gasteiger partial charge in [-0.05, 0) is 31.9 Å². The second kappa shape index (κ2) is 7.01. The minimum absolute atomic E-state index is 0.0337. The molecule has 11 heteroatoms. The molecule has 1 aliphatic heterocycles. The van der Waals surface area contributed by atoms with Crippen LogP contribution in [-0.2, 0) is 23.3 Å². The molecule has 1 atom stereocenters. The van der Waals surface area contributed by atoms with Gasteiger partial charge in [0.25, 0.3) is 0 Å². The first-order valence-electron chi connectivity index (χ1n) is 8.36. The fourth-order valence-electron chi connectivity index (χ4n) is 2.83. The van der Waals surface area contributed by atoms with Crippen LogP contribution < -0.4 is 15.7 Å². The zero-order chi connectivity index (χ0) is 19.8. The van der Waals surface area contributed by atoms with E-state index in [1.165, 1.54) is 10.7 Å². The van der Waals surface area contributed by atoms with Crippen LogP contribution >= 0.6 is 0 Å². The number of nitrogens with zero attached hydrogens (tertiary/aromatic N) is 3. The molecule has 2 aromatic rings. The lowest BCUT2D eigenvalue weighted by Gasteiger charge is -2.31. The van der Waals surface area contributed by atoms with E-state index in [9.17, 15) is 19.7 Å². The molecule has 0 spiro atoms. The van der Waals surface area contributed by atoms with Crippen molar-refractivity contribution < 1.29 is 24.4 Å². The molecule has 0 saturated carbocycles. The van der Waals surface area contributed by atoms with Crippen molar-refractivity contribution in [1.29, 1.82) is 0 Å². The topological polar surface area (TPSA) is 153 Å². The number of carbonyl (C=O) groups is 2. The van der Waals surface area contributed by atoms with Crippen molar-refractivity contribution in [2.24, 2.45) is 5.73 Å². The second-order valence-electron chi connectivity index (χ2n) is 6.81. The Morgan fingerprint density at radius 3 is 2.85 bits per heavy atom. The molecule has 1 amide bonds. The van der Waals surface area contributed by atoms with Gasteiger partial charge in [-0.1, -0.05) is 17.3 Å². The number of carboxylic acid groups (broad SMARTS) is 1. The highest BCUT2D eigenvalue weighted by molar-refractivity contribution is 6.47. The van der Waals surface area contributed by atoms with E-state index in [-0.39, 0.29) is 24.3 Å². The van der Waals surface area contributed by atoms with Gasteiger partial charge in [0, 0.05) is 6.54 Å². The first-order chi connectivity index (χ1) is 12.7. The molecule has 10 nitrogen and oxygen atoms in total. The minimum Gasteiger partial charge on any atom is -0.534 e. The molecular formula is C16H20BN5O5. The molecule has 0 saturated heterocycles. The van der Waals surface area contributed by atoms with Gasteiger partial charge in [0.05, 0.1) is 23.4 Å². The SMILES string of the molecule is CC(C)(C(=O)NC1Cc2cccc(C(=O)O)c2OB1O)n1cc(CN)nn1. The number of benzene rings is 1. The van der Waals surface area contributed by atoms with Gasteiger partial charge in [-0.25, -0.2) is 9.48 Å². The monoisotopic (exact) mass is 373 g/mol. The van der Waals surface area contributed by atoms with Crippen LogP contribution in [0.5, 0.6) is 5.75 Å². The lowest BCUT2D eigenvalue weighted by atomic mass is 9.72. The first kappa shape index (κ1) is 18.9. The zero-order valence-corrected chi connectivity index (χ0v) is 14.9. The quantitative estimate of drug-likeness (QED) is 0.503. The molecule has 5 N–H and O–H groups in total. The maximum absolute atomic E-state index is 12.8. The second-order valence-corrected chi connectivity index (χ2v) is 6.81. The molecule has 1 aromatic heterocycles. The van der Waals surface area contributed by atoms with E-state index in [0.717, 1.165) is 0 Å². The molecule has 0 bridgehead atoms. The van der Waals surface area contributed by atoms with E-state index < -0.39 is 30.5 Å². The minimum atomic E-state index is -1.38. The van der Waals surface area contributed by atoms with Gasteiger partial charge in [0.1, 0.15) is 11.3 Å². The molecule has 1 aromatic carbocycles. The number of carboxylic acids is 1. The summed E-state index contributed by atoms with van der Waals surface area (Å²) >= 11 is 0. The van der Waals surface area contributed by atoms with Crippen molar-refractivity contribution >= 4 is 19.0 Å². The van der Waals surface area contributed by atoms with Gasteiger partial charge < -0.3 is 25.8 Å². The third kappa shape index (κ3) is 3.51. The molecule has 0 aliphatic carbocycles. The number of aromatic carboxylic acids is 1. The Morgan fingerprint density at radius 1 is 1.48 bits per heavy atom. The molecule has 1 unspecified atom stereocenters. The third-order valence-electron chi connectivity index (χ3n) is 4.54. The van der Waals surface area contributed by atoms with Crippen LogP contribution in [0.3, 0.4) is 0 Å². The molecule has 1 aliphatic rings. The number of hydrogen-bond donors (Lipinski definition) is 4. The Hall–Kier alpha value is -2.92. The number of carbonyl (C=O) groups excluding carboxylic acids is 1. The standard InChI is InChI=1S/C16H20BN5O5/c1-16(2,22-8-10(7-18)20-21-22)15(25)19-12-6-9-4-3-5-11(14(23)24)13(9)27-17(12)26/h3-5,8,12,26H,6-7,18H2,1-2H3,(H,19,25)(H,23,24). The van der Waals surface area contributed by atoms with Gasteiger partial charge in [0.15, 0.2) is 0 Å². The third-order valence-corrected chi connectivity index (χ3v) is 4.54. The molecule has 27 heavy (non-hydrogen) atoms. The highest BCUT2D eigenvalue weighted by atomic mass is 16.5. The van der Waals surface area contributed by atoms with Crippen molar-refractivity contribution in [3.05, 3.63) is 41.2 Å². The van der Waals surface area contributed by atoms with E-state index in [2.05, 4.69) is 15.6 Å². The van der Waals surface area contributed by atoms with E-state index in [1.54, 1.807) is 32.2 Å². The van der Waals surface area contributed by atoms with Crippen LogP contribution in [-0.4, -0.2) is 50.1 Å². The van der Waals surface area contributed by atoms with Crippen LogP contribution in [0, 0.1) is 0 Å². The number of aromatic nitrogens is 3. The molecule has 2 heterocycles. The summed E-state index contributed by atoms with van der Waals surface area (Å²) in [5.74, 6) is -2.18. The summed E-state index contributed by atoms with van der Waals surface area (Å²) in [4.78, 5) is 24.1. The highest BCUT2D eigenvalue weighted by Gasteiger charge is 2.41. The number of amides is 1.